The van der Waals surface area contributed by atoms with Gasteiger partial charge in [-0.15, -0.1) is 0 Å². The highest BCUT2D eigenvalue weighted by molar-refractivity contribution is 5.94. The zero-order valence-corrected chi connectivity index (χ0v) is 16.6. The summed E-state index contributed by atoms with van der Waals surface area (Å²) >= 11 is 0. The minimum absolute atomic E-state index is 0.135. The van der Waals surface area contributed by atoms with Gasteiger partial charge in [-0.3, -0.25) is 9.59 Å². The Kier molecular flexibility index (Phi) is 6.28. The van der Waals surface area contributed by atoms with Gasteiger partial charge in [-0.05, 0) is 30.3 Å². The molecule has 0 unspecified atom stereocenters. The van der Waals surface area contributed by atoms with Crippen LogP contribution in [0, 0.1) is 0 Å². The van der Waals surface area contributed by atoms with E-state index in [1.807, 2.05) is 0 Å². The number of alkyl halides is 3. The average Bonchev–Trinajstić information content (AvgIpc) is 2.73. The Morgan fingerprint density at radius 1 is 1.03 bits per heavy atom. The summed E-state index contributed by atoms with van der Waals surface area (Å²) in [6.45, 7) is 0.865. The first kappa shape index (κ1) is 21.6. The van der Waals surface area contributed by atoms with Crippen molar-refractivity contribution in [3.05, 3.63) is 59.3 Å². The van der Waals surface area contributed by atoms with Crippen LogP contribution in [0.1, 0.15) is 39.1 Å². The van der Waals surface area contributed by atoms with Gasteiger partial charge in [0.1, 0.15) is 6.10 Å². The van der Waals surface area contributed by atoms with Crippen molar-refractivity contribution >= 4 is 11.8 Å². The van der Waals surface area contributed by atoms with Gasteiger partial charge < -0.3 is 14.5 Å². The van der Waals surface area contributed by atoms with Crippen molar-refractivity contribution in [2.75, 3.05) is 27.2 Å². The summed E-state index contributed by atoms with van der Waals surface area (Å²) in [5, 5.41) is 0. The minimum atomic E-state index is -4.43. The number of rotatable bonds is 4. The van der Waals surface area contributed by atoms with E-state index in [9.17, 15) is 22.8 Å². The summed E-state index contributed by atoms with van der Waals surface area (Å²) in [6, 6.07) is 7.52. The predicted molar refractivity (Wildman–Crippen MR) is 103 cm³/mol. The lowest BCUT2D eigenvalue weighted by molar-refractivity contribution is -0.137. The third-order valence-electron chi connectivity index (χ3n) is 4.87. The molecule has 3 rings (SSSR count). The van der Waals surface area contributed by atoms with Crippen molar-refractivity contribution in [2.45, 2.75) is 25.1 Å². The standard InChI is InChI=1S/C21H22F3N3O3/c1-26(2)19(28)15-5-8-18(25-13-15)30-17-9-11-27(12-10-17)20(29)14-3-6-16(7-4-14)21(22,23)24/h3-8,13,17H,9-12H2,1-2H3. The first-order valence-corrected chi connectivity index (χ1v) is 9.46. The highest BCUT2D eigenvalue weighted by Crippen LogP contribution is 2.29. The first-order valence-electron chi connectivity index (χ1n) is 9.46. The number of amides is 2. The number of carbonyl (C=O) groups is 2. The van der Waals surface area contributed by atoms with Gasteiger partial charge >= 0.3 is 6.18 Å². The molecule has 0 spiro atoms. The zero-order valence-electron chi connectivity index (χ0n) is 16.6. The number of hydrogen-bond acceptors (Lipinski definition) is 4. The van der Waals surface area contributed by atoms with Crippen LogP contribution in [0.15, 0.2) is 42.6 Å². The third kappa shape index (κ3) is 5.08. The second-order valence-electron chi connectivity index (χ2n) is 7.27. The molecule has 2 aromatic rings. The quantitative estimate of drug-likeness (QED) is 0.758. The van der Waals surface area contributed by atoms with Crippen LogP contribution in [0.3, 0.4) is 0 Å². The van der Waals surface area contributed by atoms with Crippen LogP contribution >= 0.6 is 0 Å². The summed E-state index contributed by atoms with van der Waals surface area (Å²) in [6.07, 6.45) is -1.95. The van der Waals surface area contributed by atoms with E-state index in [0.29, 0.717) is 37.4 Å². The Morgan fingerprint density at radius 2 is 1.63 bits per heavy atom. The van der Waals surface area contributed by atoms with Crippen LogP contribution < -0.4 is 4.74 Å². The Hall–Kier alpha value is -3.10. The molecule has 1 fully saturated rings. The molecule has 9 heteroatoms. The zero-order chi connectivity index (χ0) is 21.9. The molecule has 1 aromatic heterocycles. The molecule has 2 heterocycles. The van der Waals surface area contributed by atoms with Crippen molar-refractivity contribution in [1.82, 2.24) is 14.8 Å². The van der Waals surface area contributed by atoms with Gasteiger partial charge in [0.25, 0.3) is 11.8 Å². The van der Waals surface area contributed by atoms with E-state index in [4.69, 9.17) is 4.74 Å². The number of piperidine rings is 1. The van der Waals surface area contributed by atoms with Crippen LogP contribution in [0.4, 0.5) is 13.2 Å². The van der Waals surface area contributed by atoms with Crippen molar-refractivity contribution in [2.24, 2.45) is 0 Å². The minimum Gasteiger partial charge on any atom is -0.474 e. The molecule has 0 aliphatic carbocycles. The Bertz CT molecular complexity index is 888. The molecule has 160 valence electrons. The Morgan fingerprint density at radius 3 is 2.13 bits per heavy atom. The van der Waals surface area contributed by atoms with Gasteiger partial charge in [0.2, 0.25) is 5.88 Å². The molecular formula is C21H22F3N3O3. The molecule has 6 nitrogen and oxygen atoms in total. The fourth-order valence-electron chi connectivity index (χ4n) is 3.17. The number of nitrogens with zero attached hydrogens (tertiary/aromatic N) is 3. The van der Waals surface area contributed by atoms with E-state index >= 15 is 0 Å². The van der Waals surface area contributed by atoms with E-state index in [1.165, 1.54) is 23.2 Å². The number of ether oxygens (including phenoxy) is 1. The molecule has 0 bridgehead atoms. The summed E-state index contributed by atoms with van der Waals surface area (Å²) in [7, 11) is 3.32. The van der Waals surface area contributed by atoms with Gasteiger partial charge in [0.15, 0.2) is 0 Å². The maximum Gasteiger partial charge on any atom is 0.416 e. The van der Waals surface area contributed by atoms with E-state index in [1.54, 1.807) is 31.1 Å². The summed E-state index contributed by atoms with van der Waals surface area (Å²) in [4.78, 5) is 31.6. The number of benzene rings is 1. The maximum atomic E-state index is 12.7. The third-order valence-corrected chi connectivity index (χ3v) is 4.87. The van der Waals surface area contributed by atoms with Crippen LogP contribution in [-0.2, 0) is 6.18 Å². The van der Waals surface area contributed by atoms with Gasteiger partial charge in [0.05, 0.1) is 11.1 Å². The summed E-state index contributed by atoms with van der Waals surface area (Å²) < 4.78 is 43.8. The average molecular weight is 421 g/mol. The largest absolute Gasteiger partial charge is 0.474 e. The molecule has 1 saturated heterocycles. The van der Waals surface area contributed by atoms with Crippen molar-refractivity contribution in [1.29, 1.82) is 0 Å². The number of likely N-dealkylation sites (tertiary alicyclic amines) is 1. The normalized spacial score (nSPS) is 15.0. The fraction of sp³-hybridized carbons (Fsp3) is 0.381. The molecule has 0 radical (unpaired) electrons. The number of halogens is 3. The summed E-state index contributed by atoms with van der Waals surface area (Å²) in [5.74, 6) is -0.0474. The Balaban J connectivity index is 1.53. The molecule has 30 heavy (non-hydrogen) atoms. The second-order valence-corrected chi connectivity index (χ2v) is 7.27. The van der Waals surface area contributed by atoms with Crippen LogP contribution in [-0.4, -0.2) is 59.9 Å². The van der Waals surface area contributed by atoms with Crippen molar-refractivity contribution in [3.63, 3.8) is 0 Å². The van der Waals surface area contributed by atoms with Gasteiger partial charge in [-0.2, -0.15) is 13.2 Å². The van der Waals surface area contributed by atoms with Crippen LogP contribution in [0.25, 0.3) is 0 Å². The van der Waals surface area contributed by atoms with E-state index in [0.717, 1.165) is 12.1 Å². The molecule has 0 N–H and O–H groups in total. The topological polar surface area (TPSA) is 62.7 Å². The molecule has 1 aliphatic heterocycles. The number of hydrogen-bond donors (Lipinski definition) is 0. The molecule has 0 saturated carbocycles. The molecule has 2 amide bonds. The fourth-order valence-corrected chi connectivity index (χ4v) is 3.17. The molecule has 1 aromatic carbocycles. The monoisotopic (exact) mass is 421 g/mol. The predicted octanol–water partition coefficient (Wildman–Crippen LogP) is 3.49. The lowest BCUT2D eigenvalue weighted by Gasteiger charge is -2.32. The highest BCUT2D eigenvalue weighted by Gasteiger charge is 2.31. The Labute approximate surface area is 172 Å². The first-order chi connectivity index (χ1) is 14.1. The smallest absolute Gasteiger partial charge is 0.416 e. The summed E-state index contributed by atoms with van der Waals surface area (Å²) in [5.41, 5.74) is -0.0913. The lowest BCUT2D eigenvalue weighted by Crippen LogP contribution is -2.41. The SMILES string of the molecule is CN(C)C(=O)c1ccc(OC2CCN(C(=O)c3ccc(C(F)(F)F)cc3)CC2)nc1. The van der Waals surface area contributed by atoms with Crippen molar-refractivity contribution < 1.29 is 27.5 Å². The second kappa shape index (κ2) is 8.73. The number of carbonyl (C=O) groups excluding carboxylic acids is 2. The van der Waals surface area contributed by atoms with E-state index in [2.05, 4.69) is 4.98 Å². The molecule has 1 aliphatic rings. The lowest BCUT2D eigenvalue weighted by atomic mass is 10.1. The van der Waals surface area contributed by atoms with Gasteiger partial charge in [-0.25, -0.2) is 4.98 Å². The van der Waals surface area contributed by atoms with Crippen molar-refractivity contribution in [3.8, 4) is 5.88 Å². The number of pyridine rings is 1. The highest BCUT2D eigenvalue weighted by atomic mass is 19.4. The van der Waals surface area contributed by atoms with Gasteiger partial charge in [-0.1, -0.05) is 0 Å². The number of aromatic nitrogens is 1. The van der Waals surface area contributed by atoms with E-state index < -0.39 is 11.7 Å². The molecule has 0 atom stereocenters. The van der Waals surface area contributed by atoms with Crippen LogP contribution in [0.5, 0.6) is 5.88 Å². The van der Waals surface area contributed by atoms with E-state index in [-0.39, 0.29) is 23.5 Å². The molecular weight excluding hydrogens is 399 g/mol. The van der Waals surface area contributed by atoms with Crippen LogP contribution in [0.2, 0.25) is 0 Å². The van der Waals surface area contributed by atoms with Gasteiger partial charge in [0, 0.05) is 57.9 Å². The maximum absolute atomic E-state index is 12.7.